The Bertz CT molecular complexity index is 584. The van der Waals surface area contributed by atoms with Crippen LogP contribution in [0.2, 0.25) is 0 Å². The van der Waals surface area contributed by atoms with Crippen LogP contribution in [0.15, 0.2) is 41.3 Å². The maximum atomic E-state index is 12.9. The molecular formula is C13H10FNO2S. The summed E-state index contributed by atoms with van der Waals surface area (Å²) in [6.45, 7) is 0. The Labute approximate surface area is 108 Å². The minimum atomic E-state index is -1.08. The van der Waals surface area contributed by atoms with Crippen molar-refractivity contribution in [2.45, 2.75) is 4.90 Å². The highest BCUT2D eigenvalue weighted by Gasteiger charge is 2.11. The van der Waals surface area contributed by atoms with Gasteiger partial charge in [0.05, 0.1) is 5.69 Å². The lowest BCUT2D eigenvalue weighted by Crippen LogP contribution is -2.01. The molecular weight excluding hydrogens is 253 g/mol. The molecule has 0 saturated heterocycles. The zero-order valence-corrected chi connectivity index (χ0v) is 10.4. The van der Waals surface area contributed by atoms with Crippen molar-refractivity contribution < 1.29 is 14.3 Å². The van der Waals surface area contributed by atoms with Crippen LogP contribution in [0.4, 0.5) is 4.39 Å². The van der Waals surface area contributed by atoms with Crippen molar-refractivity contribution in [1.29, 1.82) is 0 Å². The highest BCUT2D eigenvalue weighted by Crippen LogP contribution is 2.28. The number of thioether (sulfide) groups is 1. The van der Waals surface area contributed by atoms with Gasteiger partial charge in [-0.2, -0.15) is 0 Å². The van der Waals surface area contributed by atoms with Gasteiger partial charge >= 0.3 is 5.97 Å². The van der Waals surface area contributed by atoms with Crippen molar-refractivity contribution in [1.82, 2.24) is 4.98 Å². The fourth-order valence-electron chi connectivity index (χ4n) is 1.54. The van der Waals surface area contributed by atoms with E-state index in [1.165, 1.54) is 30.0 Å². The Hall–Kier alpha value is -1.88. The van der Waals surface area contributed by atoms with Crippen LogP contribution in [0.25, 0.3) is 11.3 Å². The molecule has 3 nitrogen and oxygen atoms in total. The normalized spacial score (nSPS) is 10.3. The fourth-order valence-corrected chi connectivity index (χ4v) is 2.11. The molecule has 0 bridgehead atoms. The number of aromatic nitrogens is 1. The Morgan fingerprint density at radius 1 is 1.22 bits per heavy atom. The largest absolute Gasteiger partial charge is 0.477 e. The smallest absolute Gasteiger partial charge is 0.354 e. The van der Waals surface area contributed by atoms with Crippen molar-refractivity contribution >= 4 is 17.7 Å². The van der Waals surface area contributed by atoms with Crippen molar-refractivity contribution in [3.63, 3.8) is 0 Å². The van der Waals surface area contributed by atoms with Gasteiger partial charge < -0.3 is 5.11 Å². The topological polar surface area (TPSA) is 50.2 Å². The molecule has 0 saturated carbocycles. The first kappa shape index (κ1) is 12.6. The third kappa shape index (κ3) is 2.51. The molecule has 2 rings (SSSR count). The first-order chi connectivity index (χ1) is 8.61. The van der Waals surface area contributed by atoms with E-state index in [9.17, 15) is 9.18 Å². The summed E-state index contributed by atoms with van der Waals surface area (Å²) < 4.78 is 12.9. The summed E-state index contributed by atoms with van der Waals surface area (Å²) in [4.78, 5) is 15.9. The molecule has 1 aromatic carbocycles. The van der Waals surface area contributed by atoms with Crippen LogP contribution >= 0.6 is 11.8 Å². The third-order valence-corrected chi connectivity index (χ3v) is 3.18. The van der Waals surface area contributed by atoms with Gasteiger partial charge in [-0.15, -0.1) is 11.8 Å². The second kappa shape index (κ2) is 5.18. The number of rotatable bonds is 3. The first-order valence-electron chi connectivity index (χ1n) is 5.16. The molecule has 0 amide bonds. The van der Waals surface area contributed by atoms with Gasteiger partial charge in [-0.05, 0) is 42.7 Å². The maximum Gasteiger partial charge on any atom is 0.354 e. The predicted octanol–water partition coefficient (Wildman–Crippen LogP) is 3.31. The maximum absolute atomic E-state index is 12.9. The Morgan fingerprint density at radius 2 is 1.89 bits per heavy atom. The highest BCUT2D eigenvalue weighted by molar-refractivity contribution is 7.98. The van der Waals surface area contributed by atoms with Crippen molar-refractivity contribution in [3.8, 4) is 11.3 Å². The fraction of sp³-hybridized carbons (Fsp3) is 0.0769. The Balaban J connectivity index is 2.56. The van der Waals surface area contributed by atoms with Gasteiger partial charge in [-0.25, -0.2) is 14.2 Å². The standard InChI is InChI=1S/C13H10FNO2S/c1-18-11-7-6-10(13(16)17)15-12(11)8-2-4-9(14)5-3-8/h2-7H,1H3,(H,16,17). The van der Waals surface area contributed by atoms with Crippen LogP contribution in [0.1, 0.15) is 10.5 Å². The molecule has 0 unspecified atom stereocenters. The molecule has 2 aromatic rings. The quantitative estimate of drug-likeness (QED) is 0.863. The van der Waals surface area contributed by atoms with E-state index in [0.29, 0.717) is 11.3 Å². The summed E-state index contributed by atoms with van der Waals surface area (Å²) in [7, 11) is 0. The molecule has 0 spiro atoms. The van der Waals surface area contributed by atoms with Gasteiger partial charge in [0, 0.05) is 10.5 Å². The molecule has 0 aliphatic rings. The van der Waals surface area contributed by atoms with Gasteiger partial charge in [0.1, 0.15) is 11.5 Å². The number of carboxylic acid groups (broad SMARTS) is 1. The zero-order valence-electron chi connectivity index (χ0n) is 9.55. The minimum absolute atomic E-state index is 0.0212. The predicted molar refractivity (Wildman–Crippen MR) is 68.4 cm³/mol. The lowest BCUT2D eigenvalue weighted by atomic mass is 10.1. The molecule has 92 valence electrons. The van der Waals surface area contributed by atoms with E-state index < -0.39 is 5.97 Å². The number of carbonyl (C=O) groups is 1. The summed E-state index contributed by atoms with van der Waals surface area (Å²) in [5.74, 6) is -1.41. The number of hydrogen-bond acceptors (Lipinski definition) is 3. The highest BCUT2D eigenvalue weighted by atomic mass is 32.2. The van der Waals surface area contributed by atoms with E-state index in [2.05, 4.69) is 4.98 Å². The van der Waals surface area contributed by atoms with Gasteiger partial charge in [0.25, 0.3) is 0 Å². The van der Waals surface area contributed by atoms with E-state index >= 15 is 0 Å². The molecule has 1 aromatic heterocycles. The second-order valence-corrected chi connectivity index (χ2v) is 4.41. The lowest BCUT2D eigenvalue weighted by molar-refractivity contribution is 0.0690. The SMILES string of the molecule is CSc1ccc(C(=O)O)nc1-c1ccc(F)cc1. The molecule has 0 fully saturated rings. The Morgan fingerprint density at radius 3 is 2.44 bits per heavy atom. The molecule has 1 N–H and O–H groups in total. The molecule has 18 heavy (non-hydrogen) atoms. The minimum Gasteiger partial charge on any atom is -0.477 e. The van der Waals surface area contributed by atoms with Gasteiger partial charge in [0.15, 0.2) is 0 Å². The van der Waals surface area contributed by atoms with E-state index in [-0.39, 0.29) is 11.5 Å². The van der Waals surface area contributed by atoms with E-state index in [1.807, 2.05) is 6.26 Å². The number of aromatic carboxylic acids is 1. The zero-order chi connectivity index (χ0) is 13.1. The van der Waals surface area contributed by atoms with Crippen LogP contribution in [0, 0.1) is 5.82 Å². The van der Waals surface area contributed by atoms with Gasteiger partial charge in [0.2, 0.25) is 0 Å². The number of halogens is 1. The molecule has 0 aliphatic heterocycles. The number of pyridine rings is 1. The van der Waals surface area contributed by atoms with Crippen LogP contribution in [0.3, 0.4) is 0 Å². The molecule has 0 aliphatic carbocycles. The average Bonchev–Trinajstić information content (AvgIpc) is 2.39. The molecule has 0 atom stereocenters. The van der Waals surface area contributed by atoms with Crippen LogP contribution in [-0.4, -0.2) is 22.3 Å². The second-order valence-electron chi connectivity index (χ2n) is 3.56. The summed E-state index contributed by atoms with van der Waals surface area (Å²) >= 11 is 1.47. The number of benzene rings is 1. The third-order valence-electron chi connectivity index (χ3n) is 2.41. The average molecular weight is 263 g/mol. The summed E-state index contributed by atoms with van der Waals surface area (Å²) in [6, 6.07) is 9.00. The van der Waals surface area contributed by atoms with Crippen LogP contribution < -0.4 is 0 Å². The number of nitrogens with zero attached hydrogens (tertiary/aromatic N) is 1. The summed E-state index contributed by atoms with van der Waals surface area (Å²) in [5, 5.41) is 8.93. The summed E-state index contributed by atoms with van der Waals surface area (Å²) in [5.41, 5.74) is 1.23. The molecule has 0 radical (unpaired) electrons. The lowest BCUT2D eigenvalue weighted by Gasteiger charge is -2.07. The van der Waals surface area contributed by atoms with Crippen LogP contribution in [-0.2, 0) is 0 Å². The van der Waals surface area contributed by atoms with E-state index in [0.717, 1.165) is 4.90 Å². The van der Waals surface area contributed by atoms with E-state index in [4.69, 9.17) is 5.11 Å². The van der Waals surface area contributed by atoms with Crippen molar-refractivity contribution in [2.24, 2.45) is 0 Å². The van der Waals surface area contributed by atoms with Gasteiger partial charge in [-0.1, -0.05) is 0 Å². The molecule has 1 heterocycles. The van der Waals surface area contributed by atoms with Crippen molar-refractivity contribution in [3.05, 3.63) is 47.9 Å². The first-order valence-corrected chi connectivity index (χ1v) is 6.38. The number of carboxylic acids is 1. The summed E-state index contributed by atoms with van der Waals surface area (Å²) in [6.07, 6.45) is 1.88. The van der Waals surface area contributed by atoms with Gasteiger partial charge in [-0.3, -0.25) is 0 Å². The van der Waals surface area contributed by atoms with Crippen LogP contribution in [0.5, 0.6) is 0 Å². The molecule has 5 heteroatoms. The van der Waals surface area contributed by atoms with Crippen molar-refractivity contribution in [2.75, 3.05) is 6.26 Å². The number of hydrogen-bond donors (Lipinski definition) is 1. The van der Waals surface area contributed by atoms with E-state index in [1.54, 1.807) is 18.2 Å². The monoisotopic (exact) mass is 263 g/mol. The Kier molecular flexibility index (Phi) is 3.62.